The zero-order valence-corrected chi connectivity index (χ0v) is 20.9. The van der Waals surface area contributed by atoms with E-state index in [9.17, 15) is 27.9 Å². The van der Waals surface area contributed by atoms with E-state index in [1.165, 1.54) is 29.1 Å². The number of aliphatic carboxylic acids is 1. The molecule has 1 atom stereocenters. The first-order chi connectivity index (χ1) is 18.6. The Labute approximate surface area is 222 Å². The lowest BCUT2D eigenvalue weighted by atomic mass is 10.0. The van der Waals surface area contributed by atoms with Gasteiger partial charge in [-0.15, -0.1) is 0 Å². The summed E-state index contributed by atoms with van der Waals surface area (Å²) in [6, 6.07) is 16.2. The van der Waals surface area contributed by atoms with Gasteiger partial charge in [-0.1, -0.05) is 48.5 Å². The van der Waals surface area contributed by atoms with Crippen LogP contribution in [0.15, 0.2) is 91.4 Å². The Morgan fingerprint density at radius 1 is 1.03 bits per heavy atom. The number of benzene rings is 2. The molecular formula is C29H25F3N4O3. The quantitative estimate of drug-likeness (QED) is 0.297. The van der Waals surface area contributed by atoms with Crippen molar-refractivity contribution >= 4 is 18.0 Å². The molecule has 1 amide bonds. The van der Waals surface area contributed by atoms with Gasteiger partial charge >= 0.3 is 12.1 Å². The van der Waals surface area contributed by atoms with Crippen LogP contribution in [0.4, 0.5) is 13.2 Å². The van der Waals surface area contributed by atoms with Gasteiger partial charge in [0, 0.05) is 44.0 Å². The number of rotatable bonds is 9. The van der Waals surface area contributed by atoms with Crippen LogP contribution in [0.1, 0.15) is 22.3 Å². The highest BCUT2D eigenvalue weighted by molar-refractivity contribution is 5.94. The number of carboxylic acids is 1. The maximum atomic E-state index is 13.4. The topological polar surface area (TPSA) is 88.3 Å². The molecule has 1 unspecified atom stereocenters. The summed E-state index contributed by atoms with van der Waals surface area (Å²) < 4.78 is 41.8. The Morgan fingerprint density at radius 3 is 2.36 bits per heavy atom. The first kappa shape index (κ1) is 27.3. The van der Waals surface area contributed by atoms with Gasteiger partial charge in [-0.25, -0.2) is 4.79 Å². The smallest absolute Gasteiger partial charge is 0.416 e. The van der Waals surface area contributed by atoms with E-state index in [2.05, 4.69) is 10.1 Å². The predicted molar refractivity (Wildman–Crippen MR) is 139 cm³/mol. The molecule has 0 saturated heterocycles. The SMILES string of the molecule is Cn1cc(CC(C(=O)O)N(Cc2ccc(-c3ccccn3)cc2)C(=O)C=Cc2ccccc2C(F)(F)F)cn1. The zero-order valence-electron chi connectivity index (χ0n) is 20.9. The van der Waals surface area contributed by atoms with E-state index in [0.29, 0.717) is 11.1 Å². The minimum Gasteiger partial charge on any atom is -0.480 e. The summed E-state index contributed by atoms with van der Waals surface area (Å²) in [6.07, 6.45) is 2.22. The second kappa shape index (κ2) is 11.8. The number of halogens is 3. The van der Waals surface area contributed by atoms with E-state index in [4.69, 9.17) is 0 Å². The molecule has 39 heavy (non-hydrogen) atoms. The molecule has 0 spiro atoms. The summed E-state index contributed by atoms with van der Waals surface area (Å²) in [7, 11) is 1.69. The number of carboxylic acid groups (broad SMARTS) is 1. The molecule has 0 radical (unpaired) electrons. The molecule has 7 nitrogen and oxygen atoms in total. The molecule has 10 heteroatoms. The summed E-state index contributed by atoms with van der Waals surface area (Å²) in [5, 5.41) is 14.1. The first-order valence-corrected chi connectivity index (χ1v) is 12.0. The maximum absolute atomic E-state index is 13.4. The Kier molecular flexibility index (Phi) is 8.24. The number of aryl methyl sites for hydroxylation is 1. The van der Waals surface area contributed by atoms with Gasteiger partial charge in [-0.05, 0) is 41.0 Å². The van der Waals surface area contributed by atoms with Crippen molar-refractivity contribution in [3.63, 3.8) is 0 Å². The summed E-state index contributed by atoms with van der Waals surface area (Å²) >= 11 is 0. The number of nitrogens with zero attached hydrogens (tertiary/aromatic N) is 4. The van der Waals surface area contributed by atoms with Crippen molar-refractivity contribution in [1.29, 1.82) is 0 Å². The Hall–Kier alpha value is -4.73. The van der Waals surface area contributed by atoms with Crippen molar-refractivity contribution in [3.05, 3.63) is 114 Å². The van der Waals surface area contributed by atoms with E-state index in [1.807, 2.05) is 24.3 Å². The summed E-state index contributed by atoms with van der Waals surface area (Å²) in [5.41, 5.74) is 1.74. The molecule has 2 aromatic carbocycles. The molecule has 200 valence electrons. The Balaban J connectivity index is 1.65. The number of hydrogen-bond donors (Lipinski definition) is 1. The van der Waals surface area contributed by atoms with Crippen LogP contribution in [0, 0.1) is 0 Å². The van der Waals surface area contributed by atoms with Crippen molar-refractivity contribution in [1.82, 2.24) is 19.7 Å². The molecule has 0 aliphatic heterocycles. The van der Waals surface area contributed by atoms with E-state index in [1.54, 1.807) is 37.6 Å². The lowest BCUT2D eigenvalue weighted by molar-refractivity contribution is -0.148. The second-order valence-electron chi connectivity index (χ2n) is 8.88. The Morgan fingerprint density at radius 2 is 1.74 bits per heavy atom. The highest BCUT2D eigenvalue weighted by atomic mass is 19.4. The van der Waals surface area contributed by atoms with Gasteiger partial charge in [0.25, 0.3) is 0 Å². The second-order valence-corrected chi connectivity index (χ2v) is 8.88. The van der Waals surface area contributed by atoms with Crippen LogP contribution in [0.3, 0.4) is 0 Å². The molecule has 4 aromatic rings. The predicted octanol–water partition coefficient (Wildman–Crippen LogP) is 5.24. The first-order valence-electron chi connectivity index (χ1n) is 12.0. The number of alkyl halides is 3. The monoisotopic (exact) mass is 534 g/mol. The number of pyridine rings is 1. The number of aromatic nitrogens is 3. The molecule has 2 heterocycles. The van der Waals surface area contributed by atoms with Gasteiger partial charge < -0.3 is 10.0 Å². The molecular weight excluding hydrogens is 509 g/mol. The average molecular weight is 535 g/mol. The molecule has 0 bridgehead atoms. The third-order valence-electron chi connectivity index (χ3n) is 6.07. The van der Waals surface area contributed by atoms with Gasteiger partial charge in [0.15, 0.2) is 0 Å². The summed E-state index contributed by atoms with van der Waals surface area (Å²) in [6.45, 7) is -0.0795. The molecule has 0 aliphatic carbocycles. The molecule has 0 fully saturated rings. The fourth-order valence-corrected chi connectivity index (χ4v) is 4.14. The zero-order chi connectivity index (χ0) is 28.0. The lowest BCUT2D eigenvalue weighted by Gasteiger charge is -2.28. The summed E-state index contributed by atoms with van der Waals surface area (Å²) in [5.74, 6) is -1.99. The highest BCUT2D eigenvalue weighted by Crippen LogP contribution is 2.32. The van der Waals surface area contributed by atoms with Crippen LogP contribution in [0.5, 0.6) is 0 Å². The fourth-order valence-electron chi connectivity index (χ4n) is 4.14. The van der Waals surface area contributed by atoms with Crippen LogP contribution in [0.2, 0.25) is 0 Å². The average Bonchev–Trinajstić information content (AvgIpc) is 3.34. The van der Waals surface area contributed by atoms with E-state index >= 15 is 0 Å². The maximum Gasteiger partial charge on any atom is 0.416 e. The van der Waals surface area contributed by atoms with Gasteiger partial charge in [0.1, 0.15) is 6.04 Å². The standard InChI is InChI=1S/C29H25F3N4O3/c1-35-18-21(17-34-35)16-26(28(38)39)36(19-20-9-11-23(12-10-20)25-8-4-5-15-33-25)27(37)14-13-22-6-2-3-7-24(22)29(30,31)32/h2-15,17-18,26H,16,19H2,1H3,(H,38,39). The van der Waals surface area contributed by atoms with Crippen LogP contribution < -0.4 is 0 Å². The molecule has 0 aliphatic rings. The van der Waals surface area contributed by atoms with Gasteiger partial charge in [0.2, 0.25) is 5.91 Å². The normalized spacial score (nSPS) is 12.4. The third-order valence-corrected chi connectivity index (χ3v) is 6.07. The van der Waals surface area contributed by atoms with Gasteiger partial charge in [-0.2, -0.15) is 18.3 Å². The van der Waals surface area contributed by atoms with E-state index in [0.717, 1.165) is 34.4 Å². The van der Waals surface area contributed by atoms with E-state index in [-0.39, 0.29) is 18.5 Å². The lowest BCUT2D eigenvalue weighted by Crippen LogP contribution is -2.45. The fraction of sp³-hybridized carbons (Fsp3) is 0.172. The van der Waals surface area contributed by atoms with Crippen molar-refractivity contribution < 1.29 is 27.9 Å². The van der Waals surface area contributed by atoms with E-state index < -0.39 is 29.7 Å². The van der Waals surface area contributed by atoms with Gasteiger partial charge in [0.05, 0.1) is 17.5 Å². The van der Waals surface area contributed by atoms with Crippen molar-refractivity contribution in [2.45, 2.75) is 25.2 Å². The number of amides is 1. The molecule has 1 N–H and O–H groups in total. The molecule has 2 aromatic heterocycles. The third kappa shape index (κ3) is 6.98. The van der Waals surface area contributed by atoms with Crippen LogP contribution >= 0.6 is 0 Å². The van der Waals surface area contributed by atoms with Crippen LogP contribution in [0.25, 0.3) is 17.3 Å². The summed E-state index contributed by atoms with van der Waals surface area (Å²) in [4.78, 5) is 31.2. The molecule has 0 saturated carbocycles. The number of carbonyl (C=O) groups is 2. The number of carbonyl (C=O) groups excluding carboxylic acids is 1. The van der Waals surface area contributed by atoms with Crippen LogP contribution in [-0.4, -0.2) is 42.7 Å². The van der Waals surface area contributed by atoms with Crippen molar-refractivity contribution in [2.75, 3.05) is 0 Å². The minimum absolute atomic E-state index is 0.0338. The molecule has 4 rings (SSSR count). The van der Waals surface area contributed by atoms with Crippen molar-refractivity contribution in [2.24, 2.45) is 7.05 Å². The largest absolute Gasteiger partial charge is 0.480 e. The van der Waals surface area contributed by atoms with Gasteiger partial charge in [-0.3, -0.25) is 14.5 Å². The minimum atomic E-state index is -4.61. The Bertz CT molecular complexity index is 1470. The van der Waals surface area contributed by atoms with Crippen LogP contribution in [-0.2, 0) is 35.8 Å². The van der Waals surface area contributed by atoms with Crippen molar-refractivity contribution in [3.8, 4) is 11.3 Å². The highest BCUT2D eigenvalue weighted by Gasteiger charge is 2.33. The number of hydrogen-bond acceptors (Lipinski definition) is 4.